The van der Waals surface area contributed by atoms with Gasteiger partial charge in [-0.2, -0.15) is 0 Å². The molecule has 0 aliphatic heterocycles. The van der Waals surface area contributed by atoms with E-state index in [1.54, 1.807) is 36.4 Å². The van der Waals surface area contributed by atoms with E-state index < -0.39 is 10.0 Å². The second-order valence-corrected chi connectivity index (χ2v) is 11.2. The third-order valence-electron chi connectivity index (χ3n) is 5.64. The van der Waals surface area contributed by atoms with Gasteiger partial charge >= 0.3 is 0 Å². The van der Waals surface area contributed by atoms with E-state index in [-0.39, 0.29) is 17.3 Å². The zero-order chi connectivity index (χ0) is 26.0. The Labute approximate surface area is 219 Å². The topological polar surface area (TPSA) is 75.7 Å². The maximum atomic E-state index is 13.5. The molecule has 0 atom stereocenters. The number of nitrogens with zero attached hydrogens (tertiary/aromatic N) is 1. The number of hydrogen-bond acceptors (Lipinski definition) is 5. The number of carbonyl (C=O) groups excluding carboxylic acids is 1. The monoisotopic (exact) mass is 526 g/mol. The highest BCUT2D eigenvalue weighted by Crippen LogP contribution is 2.26. The average Bonchev–Trinajstić information content (AvgIpc) is 2.89. The fourth-order valence-corrected chi connectivity index (χ4v) is 5.49. The average molecular weight is 527 g/mol. The molecule has 8 heteroatoms. The number of para-hydroxylation sites is 1. The van der Waals surface area contributed by atoms with Crippen LogP contribution in [0.25, 0.3) is 0 Å². The summed E-state index contributed by atoms with van der Waals surface area (Å²) < 4.78 is 34.0. The standard InChI is InChI=1S/C28H34N2O4S2/c1-4-20-34-27-10-6-5-8-23(27)9-7-19-29-28(31)21-30(24-13-11-22(2)12-14-24)36(32,33)26-17-15-25(35-3)16-18-26/h5-6,8,10-18H,4,7,9,19-21H2,1-3H3,(H,29,31). The van der Waals surface area contributed by atoms with Gasteiger partial charge in [-0.3, -0.25) is 9.10 Å². The number of amides is 1. The number of ether oxygens (including phenoxy) is 1. The minimum Gasteiger partial charge on any atom is -0.493 e. The number of rotatable bonds is 13. The Bertz CT molecular complexity index is 1230. The first-order chi connectivity index (χ1) is 17.3. The van der Waals surface area contributed by atoms with E-state index in [1.807, 2.05) is 49.6 Å². The number of thioether (sulfide) groups is 1. The van der Waals surface area contributed by atoms with Crippen molar-refractivity contribution < 1.29 is 17.9 Å². The minimum absolute atomic E-state index is 0.150. The van der Waals surface area contributed by atoms with Gasteiger partial charge in [-0.1, -0.05) is 42.8 Å². The van der Waals surface area contributed by atoms with E-state index in [1.165, 1.54) is 16.1 Å². The van der Waals surface area contributed by atoms with E-state index in [4.69, 9.17) is 4.74 Å². The van der Waals surface area contributed by atoms with E-state index in [2.05, 4.69) is 12.2 Å². The number of aryl methyl sites for hydroxylation is 2. The largest absolute Gasteiger partial charge is 0.493 e. The first kappa shape index (κ1) is 27.6. The number of sulfonamides is 1. The van der Waals surface area contributed by atoms with Crippen molar-refractivity contribution in [1.82, 2.24) is 5.32 Å². The molecule has 3 rings (SSSR count). The van der Waals surface area contributed by atoms with Crippen LogP contribution in [0.15, 0.2) is 82.6 Å². The van der Waals surface area contributed by atoms with Crippen LogP contribution in [-0.2, 0) is 21.2 Å². The van der Waals surface area contributed by atoms with Crippen LogP contribution in [0.2, 0.25) is 0 Å². The van der Waals surface area contributed by atoms with E-state index in [0.29, 0.717) is 25.3 Å². The molecule has 1 amide bonds. The van der Waals surface area contributed by atoms with E-state index in [9.17, 15) is 13.2 Å². The lowest BCUT2D eigenvalue weighted by Gasteiger charge is -2.24. The molecule has 36 heavy (non-hydrogen) atoms. The van der Waals surface area contributed by atoms with Gasteiger partial charge in [0.15, 0.2) is 0 Å². The molecule has 3 aromatic carbocycles. The number of carbonyl (C=O) groups is 1. The van der Waals surface area contributed by atoms with Crippen LogP contribution in [-0.4, -0.2) is 40.3 Å². The molecule has 0 radical (unpaired) electrons. The number of anilines is 1. The lowest BCUT2D eigenvalue weighted by Crippen LogP contribution is -2.41. The Kier molecular flexibility index (Phi) is 10.3. The molecule has 3 aromatic rings. The van der Waals surface area contributed by atoms with Gasteiger partial charge in [-0.25, -0.2) is 8.42 Å². The Morgan fingerprint density at radius 1 is 1.00 bits per heavy atom. The van der Waals surface area contributed by atoms with Crippen LogP contribution < -0.4 is 14.4 Å². The fraction of sp³-hybridized carbons (Fsp3) is 0.321. The Hall–Kier alpha value is -2.97. The number of hydrogen-bond donors (Lipinski definition) is 1. The van der Waals surface area contributed by atoms with E-state index >= 15 is 0 Å². The molecule has 0 aliphatic carbocycles. The van der Waals surface area contributed by atoms with Crippen LogP contribution in [0.5, 0.6) is 5.75 Å². The summed E-state index contributed by atoms with van der Waals surface area (Å²) in [5, 5.41) is 2.88. The third kappa shape index (κ3) is 7.51. The van der Waals surface area contributed by atoms with Crippen molar-refractivity contribution >= 4 is 33.4 Å². The molecule has 0 aromatic heterocycles. The Morgan fingerprint density at radius 2 is 1.69 bits per heavy atom. The summed E-state index contributed by atoms with van der Waals surface area (Å²) >= 11 is 1.54. The van der Waals surface area contributed by atoms with Crippen molar-refractivity contribution in [2.24, 2.45) is 0 Å². The van der Waals surface area contributed by atoms with Crippen molar-refractivity contribution in [2.45, 2.75) is 42.9 Å². The summed E-state index contributed by atoms with van der Waals surface area (Å²) in [6.45, 7) is 4.80. The summed E-state index contributed by atoms with van der Waals surface area (Å²) in [4.78, 5) is 14.0. The minimum atomic E-state index is -3.93. The molecule has 0 heterocycles. The van der Waals surface area contributed by atoms with Crippen LogP contribution in [0.4, 0.5) is 5.69 Å². The molecule has 6 nitrogen and oxygen atoms in total. The van der Waals surface area contributed by atoms with Crippen LogP contribution in [0, 0.1) is 6.92 Å². The molecule has 0 saturated heterocycles. The number of benzene rings is 3. The molecule has 0 bridgehead atoms. The molecule has 0 unspecified atom stereocenters. The smallest absolute Gasteiger partial charge is 0.264 e. The molecule has 0 aliphatic rings. The Balaban J connectivity index is 1.67. The maximum Gasteiger partial charge on any atom is 0.264 e. The van der Waals surface area contributed by atoms with E-state index in [0.717, 1.165) is 34.6 Å². The zero-order valence-electron chi connectivity index (χ0n) is 21.1. The predicted octanol–water partition coefficient (Wildman–Crippen LogP) is 5.45. The highest BCUT2D eigenvalue weighted by molar-refractivity contribution is 7.98. The van der Waals surface area contributed by atoms with Crippen molar-refractivity contribution in [3.63, 3.8) is 0 Å². The molecular formula is C28H34N2O4S2. The van der Waals surface area contributed by atoms with Gasteiger partial charge < -0.3 is 10.1 Å². The quantitative estimate of drug-likeness (QED) is 0.237. The first-order valence-electron chi connectivity index (χ1n) is 12.1. The second-order valence-electron chi connectivity index (χ2n) is 8.43. The van der Waals surface area contributed by atoms with Gasteiger partial charge in [-0.05, 0) is 80.5 Å². The molecule has 0 spiro atoms. The van der Waals surface area contributed by atoms with Gasteiger partial charge in [0.1, 0.15) is 12.3 Å². The highest BCUT2D eigenvalue weighted by Gasteiger charge is 2.27. The summed E-state index contributed by atoms with van der Waals surface area (Å²) in [6.07, 6.45) is 4.34. The zero-order valence-corrected chi connectivity index (χ0v) is 22.7. The lowest BCUT2D eigenvalue weighted by atomic mass is 10.1. The predicted molar refractivity (Wildman–Crippen MR) is 147 cm³/mol. The first-order valence-corrected chi connectivity index (χ1v) is 14.7. The maximum absolute atomic E-state index is 13.5. The van der Waals surface area contributed by atoms with Crippen LogP contribution in [0.3, 0.4) is 0 Å². The molecule has 0 saturated carbocycles. The van der Waals surface area contributed by atoms with Gasteiger partial charge in [0, 0.05) is 11.4 Å². The summed E-state index contributed by atoms with van der Waals surface area (Å²) in [5.41, 5.74) is 2.55. The summed E-state index contributed by atoms with van der Waals surface area (Å²) in [6, 6.07) is 21.7. The third-order valence-corrected chi connectivity index (χ3v) is 8.17. The van der Waals surface area contributed by atoms with Crippen LogP contribution >= 0.6 is 11.8 Å². The van der Waals surface area contributed by atoms with Crippen molar-refractivity contribution in [3.8, 4) is 5.75 Å². The lowest BCUT2D eigenvalue weighted by molar-refractivity contribution is -0.119. The summed E-state index contributed by atoms with van der Waals surface area (Å²) in [7, 11) is -3.93. The molecule has 0 fully saturated rings. The SMILES string of the molecule is CCCOc1ccccc1CCCNC(=O)CN(c1ccc(C)cc1)S(=O)(=O)c1ccc(SC)cc1. The number of nitrogens with one attached hydrogen (secondary N) is 1. The Morgan fingerprint density at radius 3 is 2.36 bits per heavy atom. The van der Waals surface area contributed by atoms with Gasteiger partial charge in [0.05, 0.1) is 17.2 Å². The molecule has 1 N–H and O–H groups in total. The van der Waals surface area contributed by atoms with Crippen molar-refractivity contribution in [1.29, 1.82) is 0 Å². The normalized spacial score (nSPS) is 11.2. The van der Waals surface area contributed by atoms with Crippen molar-refractivity contribution in [2.75, 3.05) is 30.3 Å². The summed E-state index contributed by atoms with van der Waals surface area (Å²) in [5.74, 6) is 0.519. The highest BCUT2D eigenvalue weighted by atomic mass is 32.2. The van der Waals surface area contributed by atoms with Crippen molar-refractivity contribution in [3.05, 3.63) is 83.9 Å². The second kappa shape index (κ2) is 13.4. The molecule has 192 valence electrons. The van der Waals surface area contributed by atoms with Gasteiger partial charge in [-0.15, -0.1) is 11.8 Å². The molecular weight excluding hydrogens is 492 g/mol. The van der Waals surface area contributed by atoms with Gasteiger partial charge in [0.25, 0.3) is 10.0 Å². The fourth-order valence-electron chi connectivity index (χ4n) is 3.66. The van der Waals surface area contributed by atoms with Gasteiger partial charge in [0.2, 0.25) is 5.91 Å². The van der Waals surface area contributed by atoms with Crippen LogP contribution in [0.1, 0.15) is 30.9 Å².